The Hall–Kier alpha value is -2.21. The maximum Gasteiger partial charge on any atom is 0.166 e. The molecular weight excluding hydrogens is 424 g/mol. The molecule has 2 aromatic carbocycles. The summed E-state index contributed by atoms with van der Waals surface area (Å²) in [6, 6.07) is 12.3. The first-order valence-corrected chi connectivity index (χ1v) is 11.7. The van der Waals surface area contributed by atoms with Crippen LogP contribution >= 0.6 is 12.4 Å². The first kappa shape index (κ1) is 19.3. The van der Waals surface area contributed by atoms with Gasteiger partial charge in [-0.1, -0.05) is 24.3 Å². The maximum absolute atomic E-state index is 12.7. The minimum atomic E-state index is -0.908. The lowest BCUT2D eigenvalue weighted by Crippen LogP contribution is -2.74. The molecule has 2 unspecified atom stereocenters. The number of hydrogen-bond acceptors (Lipinski definition) is 4. The zero-order valence-corrected chi connectivity index (χ0v) is 18.6. The van der Waals surface area contributed by atoms with Crippen LogP contribution in [-0.4, -0.2) is 44.8 Å². The van der Waals surface area contributed by atoms with E-state index >= 15 is 0 Å². The predicted octanol–water partition coefficient (Wildman–Crippen LogP) is 3.99. The number of phenolic OH excluding ortho intramolecular Hbond substituents is 1. The Morgan fingerprint density at radius 3 is 2.84 bits per heavy atom. The Labute approximate surface area is 192 Å². The molecule has 5 aliphatic rings. The van der Waals surface area contributed by atoms with Crippen LogP contribution in [0.25, 0.3) is 10.9 Å². The number of halogens is 1. The summed E-state index contributed by atoms with van der Waals surface area (Å²) >= 11 is 0. The van der Waals surface area contributed by atoms with E-state index in [9.17, 15) is 10.2 Å². The molecule has 1 spiro atoms. The Morgan fingerprint density at radius 1 is 1.16 bits per heavy atom. The van der Waals surface area contributed by atoms with Crippen LogP contribution in [0.1, 0.15) is 47.8 Å². The number of ether oxygens (including phenoxy) is 1. The number of rotatable bonds is 2. The molecule has 166 valence electrons. The summed E-state index contributed by atoms with van der Waals surface area (Å²) < 4.78 is 6.60. The van der Waals surface area contributed by atoms with Crippen LogP contribution in [-0.2, 0) is 18.3 Å². The summed E-state index contributed by atoms with van der Waals surface area (Å²) in [5.74, 6) is 1.58. The molecule has 3 aliphatic carbocycles. The van der Waals surface area contributed by atoms with Gasteiger partial charge < -0.3 is 19.9 Å². The number of aliphatic hydroxyl groups is 1. The average molecular weight is 451 g/mol. The van der Waals surface area contributed by atoms with Gasteiger partial charge in [0.2, 0.25) is 0 Å². The van der Waals surface area contributed by atoms with Crippen molar-refractivity contribution >= 4 is 23.3 Å². The minimum Gasteiger partial charge on any atom is -0.504 e. The first-order valence-electron chi connectivity index (χ1n) is 11.7. The molecule has 32 heavy (non-hydrogen) atoms. The van der Waals surface area contributed by atoms with Gasteiger partial charge in [0.25, 0.3) is 0 Å². The predicted molar refractivity (Wildman–Crippen MR) is 124 cm³/mol. The molecule has 8 rings (SSSR count). The van der Waals surface area contributed by atoms with Crippen molar-refractivity contribution < 1.29 is 14.9 Å². The molecule has 6 heteroatoms. The van der Waals surface area contributed by atoms with E-state index in [2.05, 4.69) is 34.1 Å². The van der Waals surface area contributed by atoms with Crippen molar-refractivity contribution in [3.63, 3.8) is 0 Å². The van der Waals surface area contributed by atoms with Crippen LogP contribution in [0.3, 0.4) is 0 Å². The van der Waals surface area contributed by atoms with Crippen molar-refractivity contribution in [2.45, 2.75) is 55.3 Å². The third-order valence-electron chi connectivity index (χ3n) is 9.07. The lowest BCUT2D eigenvalue weighted by molar-refractivity contribution is -0.173. The number of aromatic amines is 1. The SMILES string of the molecule is Cl.Oc1ccc2c3c1OC1c4[nH]c5ccccc5c4C[C@@]4(O)C(C2)N(CC2CC2)CC[C@]314. The molecule has 1 saturated carbocycles. The van der Waals surface area contributed by atoms with E-state index in [1.165, 1.54) is 29.4 Å². The van der Waals surface area contributed by atoms with Crippen molar-refractivity contribution in [3.05, 3.63) is 58.8 Å². The molecule has 3 heterocycles. The van der Waals surface area contributed by atoms with Crippen LogP contribution in [0, 0.1) is 5.92 Å². The van der Waals surface area contributed by atoms with Crippen LogP contribution in [0.4, 0.5) is 0 Å². The van der Waals surface area contributed by atoms with Crippen LogP contribution in [0.15, 0.2) is 36.4 Å². The van der Waals surface area contributed by atoms with Gasteiger partial charge in [-0.2, -0.15) is 0 Å². The zero-order chi connectivity index (χ0) is 20.5. The quantitative estimate of drug-likeness (QED) is 0.552. The third-order valence-corrected chi connectivity index (χ3v) is 9.07. The highest BCUT2D eigenvalue weighted by molar-refractivity contribution is 5.86. The molecule has 1 aromatic heterocycles. The van der Waals surface area contributed by atoms with Crippen LogP contribution < -0.4 is 4.74 Å². The van der Waals surface area contributed by atoms with E-state index < -0.39 is 11.0 Å². The molecule has 0 amide bonds. The van der Waals surface area contributed by atoms with E-state index in [1.807, 2.05) is 6.07 Å². The van der Waals surface area contributed by atoms with Gasteiger partial charge in [-0.15, -0.1) is 12.4 Å². The molecule has 2 bridgehead atoms. The number of H-pyrrole nitrogens is 1. The van der Waals surface area contributed by atoms with Crippen molar-refractivity contribution in [3.8, 4) is 11.5 Å². The van der Waals surface area contributed by atoms with Crippen molar-refractivity contribution in [2.24, 2.45) is 5.92 Å². The average Bonchev–Trinajstić information content (AvgIpc) is 3.40. The monoisotopic (exact) mass is 450 g/mol. The number of piperidine rings is 1. The van der Waals surface area contributed by atoms with E-state index in [0.29, 0.717) is 12.2 Å². The van der Waals surface area contributed by atoms with Gasteiger partial charge in [-0.3, -0.25) is 4.90 Å². The van der Waals surface area contributed by atoms with Gasteiger partial charge in [0.1, 0.15) is 0 Å². The second-order valence-electron chi connectivity index (χ2n) is 10.5. The fourth-order valence-corrected chi connectivity index (χ4v) is 7.57. The van der Waals surface area contributed by atoms with Gasteiger partial charge in [-0.05, 0) is 61.4 Å². The van der Waals surface area contributed by atoms with E-state index in [0.717, 1.165) is 48.6 Å². The molecule has 2 aliphatic heterocycles. The molecule has 2 fully saturated rings. The fourth-order valence-electron chi connectivity index (χ4n) is 7.57. The third kappa shape index (κ3) is 2.04. The molecule has 1 saturated heterocycles. The summed E-state index contributed by atoms with van der Waals surface area (Å²) in [5, 5.41) is 24.6. The molecule has 3 aromatic rings. The maximum atomic E-state index is 12.7. The van der Waals surface area contributed by atoms with Crippen molar-refractivity contribution in [2.75, 3.05) is 13.1 Å². The largest absolute Gasteiger partial charge is 0.504 e. The van der Waals surface area contributed by atoms with Crippen LogP contribution in [0.2, 0.25) is 0 Å². The number of para-hydroxylation sites is 1. The number of hydrogen-bond donors (Lipinski definition) is 3. The number of likely N-dealkylation sites (tertiary alicyclic amines) is 1. The molecule has 0 radical (unpaired) electrons. The number of nitrogens with zero attached hydrogens (tertiary/aromatic N) is 1. The van der Waals surface area contributed by atoms with E-state index in [-0.39, 0.29) is 30.3 Å². The zero-order valence-electron chi connectivity index (χ0n) is 17.8. The lowest BCUT2D eigenvalue weighted by Gasteiger charge is -2.62. The van der Waals surface area contributed by atoms with Gasteiger partial charge in [0.05, 0.1) is 16.7 Å². The second kappa shape index (κ2) is 6.02. The van der Waals surface area contributed by atoms with E-state index in [4.69, 9.17) is 4.74 Å². The molecule has 4 atom stereocenters. The van der Waals surface area contributed by atoms with Gasteiger partial charge in [0, 0.05) is 35.5 Å². The number of benzene rings is 2. The Kier molecular flexibility index (Phi) is 3.62. The molecule has 3 N–H and O–H groups in total. The highest BCUT2D eigenvalue weighted by atomic mass is 35.5. The number of aromatic nitrogens is 1. The Bertz CT molecular complexity index is 1280. The Balaban J connectivity index is 0.00000180. The normalized spacial score (nSPS) is 33.9. The van der Waals surface area contributed by atoms with Gasteiger partial charge >= 0.3 is 0 Å². The number of nitrogens with one attached hydrogen (secondary N) is 1. The van der Waals surface area contributed by atoms with Crippen LogP contribution in [0.5, 0.6) is 11.5 Å². The molecule has 5 nitrogen and oxygen atoms in total. The number of phenols is 1. The summed E-state index contributed by atoms with van der Waals surface area (Å²) in [5.41, 5.74) is 4.27. The summed E-state index contributed by atoms with van der Waals surface area (Å²) in [4.78, 5) is 6.22. The number of fused-ring (bicyclic) bond motifs is 4. The number of aromatic hydroxyl groups is 1. The van der Waals surface area contributed by atoms with E-state index in [1.54, 1.807) is 6.07 Å². The molecular formula is C26H27ClN2O3. The summed E-state index contributed by atoms with van der Waals surface area (Å²) in [7, 11) is 0. The van der Waals surface area contributed by atoms with Crippen molar-refractivity contribution in [1.29, 1.82) is 0 Å². The highest BCUT2D eigenvalue weighted by Crippen LogP contribution is 2.69. The highest BCUT2D eigenvalue weighted by Gasteiger charge is 2.72. The summed E-state index contributed by atoms with van der Waals surface area (Å²) in [6.45, 7) is 2.07. The fraction of sp³-hybridized carbons (Fsp3) is 0.462. The first-order chi connectivity index (χ1) is 15.1. The lowest BCUT2D eigenvalue weighted by atomic mass is 9.49. The standard InChI is InChI=1S/C26H26N2O3.ClH/c29-19-8-7-15-11-20-26(30)12-17-16-3-1-2-4-18(16)27-22(17)24-25(26,21(15)23(19)31-24)9-10-28(20)13-14-5-6-14;/h1-4,7-8,14,20,24,27,29-30H,5-6,9-13H2;1H/t20?,24?,25-,26+;/m0./s1. The van der Waals surface area contributed by atoms with Gasteiger partial charge in [0.15, 0.2) is 17.6 Å². The Morgan fingerprint density at radius 2 is 2.00 bits per heavy atom. The second-order valence-corrected chi connectivity index (χ2v) is 10.5. The van der Waals surface area contributed by atoms with Crippen molar-refractivity contribution in [1.82, 2.24) is 9.88 Å². The van der Waals surface area contributed by atoms with Gasteiger partial charge in [-0.25, -0.2) is 0 Å². The topological polar surface area (TPSA) is 68.7 Å². The minimum absolute atomic E-state index is 0. The smallest absolute Gasteiger partial charge is 0.166 e. The summed E-state index contributed by atoms with van der Waals surface area (Å²) in [6.07, 6.45) is 4.66.